The molecule has 0 aromatic heterocycles. The molecule has 0 aromatic rings. The molecule has 0 rings (SSSR count). The van der Waals surface area contributed by atoms with Crippen molar-refractivity contribution in [1.29, 1.82) is 0 Å². The molecule has 60 valence electrons. The molecular weight excluding hydrogens is 132 g/mol. The fraction of sp³-hybridized carbons (Fsp3) is 0.857. The number of aliphatic hydroxyl groups excluding tert-OH is 2. The van der Waals surface area contributed by atoms with Gasteiger partial charge in [0.15, 0.2) is 0 Å². The van der Waals surface area contributed by atoms with Crippen LogP contribution < -0.4 is 0 Å². The maximum absolute atomic E-state index is 8.80. The standard InChI is InChI=1S/C7H14O3/c1-7(5-9,3-4-8)6-10-2/h2,8-9H,3-6H2,1H3. The predicted molar refractivity (Wildman–Crippen MR) is 37.1 cm³/mol. The highest BCUT2D eigenvalue weighted by atomic mass is 16.5. The number of ether oxygens (including phenoxy) is 1. The number of hydrogen-bond donors (Lipinski definition) is 2. The smallest absolute Gasteiger partial charge is 0.115 e. The third-order valence-corrected chi connectivity index (χ3v) is 1.53. The summed E-state index contributed by atoms with van der Waals surface area (Å²) in [5, 5.41) is 17.4. The predicted octanol–water partition coefficient (Wildman–Crippen LogP) is 0.0526. The first-order chi connectivity index (χ1) is 4.68. The maximum atomic E-state index is 8.80. The molecule has 10 heavy (non-hydrogen) atoms. The Balaban J connectivity index is 3.69. The Morgan fingerprint density at radius 2 is 2.10 bits per heavy atom. The highest BCUT2D eigenvalue weighted by molar-refractivity contribution is 4.71. The summed E-state index contributed by atoms with van der Waals surface area (Å²) < 4.78 is 4.38. The highest BCUT2D eigenvalue weighted by Gasteiger charge is 2.22. The normalized spacial score (nSPS) is 16.8. The number of hydrogen-bond acceptors (Lipinski definition) is 3. The van der Waals surface area contributed by atoms with Crippen LogP contribution in [0.3, 0.4) is 0 Å². The molecular formula is C7H14O3. The maximum Gasteiger partial charge on any atom is 0.115 e. The Morgan fingerprint density at radius 3 is 2.40 bits per heavy atom. The molecule has 0 aliphatic heterocycles. The molecule has 3 nitrogen and oxygen atoms in total. The van der Waals surface area contributed by atoms with Crippen molar-refractivity contribution in [3.05, 3.63) is 7.11 Å². The first kappa shape index (κ1) is 9.88. The van der Waals surface area contributed by atoms with Crippen molar-refractivity contribution in [3.63, 3.8) is 0 Å². The van der Waals surface area contributed by atoms with E-state index < -0.39 is 5.41 Å². The molecule has 0 spiro atoms. The molecule has 0 aromatic carbocycles. The quantitative estimate of drug-likeness (QED) is 0.576. The van der Waals surface area contributed by atoms with Gasteiger partial charge in [-0.15, -0.1) is 0 Å². The minimum Gasteiger partial charge on any atom is -0.396 e. The van der Waals surface area contributed by atoms with E-state index in [9.17, 15) is 0 Å². The van der Waals surface area contributed by atoms with E-state index in [-0.39, 0.29) is 19.8 Å². The van der Waals surface area contributed by atoms with Crippen LogP contribution in [0, 0.1) is 12.5 Å². The van der Waals surface area contributed by atoms with Gasteiger partial charge in [0, 0.05) is 12.0 Å². The van der Waals surface area contributed by atoms with Crippen LogP contribution in [0.25, 0.3) is 0 Å². The Kier molecular flexibility index (Phi) is 4.60. The van der Waals surface area contributed by atoms with Crippen LogP contribution in [0.4, 0.5) is 0 Å². The molecule has 2 radical (unpaired) electrons. The lowest BCUT2D eigenvalue weighted by Gasteiger charge is -2.24. The van der Waals surface area contributed by atoms with Gasteiger partial charge in [-0.25, -0.2) is 0 Å². The summed E-state index contributed by atoms with van der Waals surface area (Å²) in [6, 6.07) is 0. The number of aliphatic hydroxyl groups is 2. The molecule has 3 heteroatoms. The van der Waals surface area contributed by atoms with Gasteiger partial charge in [0.1, 0.15) is 7.11 Å². The van der Waals surface area contributed by atoms with E-state index in [0.29, 0.717) is 6.42 Å². The second-order valence-corrected chi connectivity index (χ2v) is 2.75. The van der Waals surface area contributed by atoms with Crippen molar-refractivity contribution in [3.8, 4) is 0 Å². The van der Waals surface area contributed by atoms with Crippen molar-refractivity contribution in [2.75, 3.05) is 19.8 Å². The van der Waals surface area contributed by atoms with E-state index in [1.165, 1.54) is 0 Å². The lowest BCUT2D eigenvalue weighted by Crippen LogP contribution is -2.27. The summed E-state index contributed by atoms with van der Waals surface area (Å²) in [5.74, 6) is 0. The van der Waals surface area contributed by atoms with Crippen LogP contribution in [0.1, 0.15) is 13.3 Å². The lowest BCUT2D eigenvalue weighted by atomic mass is 9.89. The first-order valence-electron chi connectivity index (χ1n) is 3.22. The Bertz CT molecular complexity index is 76.9. The van der Waals surface area contributed by atoms with Gasteiger partial charge in [0.05, 0.1) is 13.2 Å². The van der Waals surface area contributed by atoms with Crippen LogP contribution >= 0.6 is 0 Å². The number of rotatable bonds is 5. The van der Waals surface area contributed by atoms with Crippen molar-refractivity contribution >= 4 is 0 Å². The average molecular weight is 146 g/mol. The summed E-state index contributed by atoms with van der Waals surface area (Å²) in [7, 11) is 4.83. The Morgan fingerprint density at radius 1 is 1.50 bits per heavy atom. The molecule has 0 aliphatic carbocycles. The van der Waals surface area contributed by atoms with E-state index in [1.54, 1.807) is 6.92 Å². The lowest BCUT2D eigenvalue weighted by molar-refractivity contribution is 0.0375. The fourth-order valence-corrected chi connectivity index (χ4v) is 0.668. The summed E-state index contributed by atoms with van der Waals surface area (Å²) in [4.78, 5) is 0. The van der Waals surface area contributed by atoms with E-state index in [4.69, 9.17) is 17.3 Å². The zero-order valence-corrected chi connectivity index (χ0v) is 6.21. The largest absolute Gasteiger partial charge is 0.396 e. The van der Waals surface area contributed by atoms with Crippen molar-refractivity contribution in [2.24, 2.45) is 5.41 Å². The minimum absolute atomic E-state index is 0.0231. The Labute approximate surface area is 61.6 Å². The highest BCUT2D eigenvalue weighted by Crippen LogP contribution is 2.19. The van der Waals surface area contributed by atoms with Crippen LogP contribution in [0.15, 0.2) is 0 Å². The molecule has 1 atom stereocenters. The molecule has 0 saturated heterocycles. The SMILES string of the molecule is [CH]OCC(C)(CO)CCO. The first-order valence-corrected chi connectivity index (χ1v) is 3.22. The van der Waals surface area contributed by atoms with E-state index in [1.807, 2.05) is 0 Å². The van der Waals surface area contributed by atoms with Crippen LogP contribution in [0.2, 0.25) is 0 Å². The zero-order chi connectivity index (χ0) is 8.04. The van der Waals surface area contributed by atoms with E-state index in [0.717, 1.165) is 0 Å². The van der Waals surface area contributed by atoms with Crippen molar-refractivity contribution < 1.29 is 14.9 Å². The molecule has 0 aliphatic rings. The molecule has 1 unspecified atom stereocenters. The van der Waals surface area contributed by atoms with Gasteiger partial charge in [-0.05, 0) is 6.42 Å². The van der Waals surface area contributed by atoms with E-state index in [2.05, 4.69) is 4.74 Å². The van der Waals surface area contributed by atoms with Gasteiger partial charge in [0.25, 0.3) is 0 Å². The second kappa shape index (κ2) is 4.66. The molecule has 2 N–H and O–H groups in total. The van der Waals surface area contributed by atoms with Gasteiger partial charge in [-0.2, -0.15) is 0 Å². The van der Waals surface area contributed by atoms with Gasteiger partial charge < -0.3 is 14.9 Å². The van der Waals surface area contributed by atoms with Crippen LogP contribution in [-0.4, -0.2) is 30.0 Å². The van der Waals surface area contributed by atoms with Crippen molar-refractivity contribution in [1.82, 2.24) is 0 Å². The van der Waals surface area contributed by atoms with Gasteiger partial charge in [-0.3, -0.25) is 0 Å². The third kappa shape index (κ3) is 3.15. The monoisotopic (exact) mass is 146 g/mol. The molecule has 0 bridgehead atoms. The van der Waals surface area contributed by atoms with Gasteiger partial charge in [-0.1, -0.05) is 6.92 Å². The third-order valence-electron chi connectivity index (χ3n) is 1.53. The molecule has 0 heterocycles. The second-order valence-electron chi connectivity index (χ2n) is 2.75. The average Bonchev–Trinajstić information content (AvgIpc) is 1.89. The van der Waals surface area contributed by atoms with Gasteiger partial charge in [0.2, 0.25) is 0 Å². The molecule has 0 amide bonds. The Hall–Kier alpha value is -0.120. The van der Waals surface area contributed by atoms with Crippen LogP contribution in [0.5, 0.6) is 0 Å². The molecule has 0 fully saturated rings. The summed E-state index contributed by atoms with van der Waals surface area (Å²) in [5.41, 5.74) is -0.399. The topological polar surface area (TPSA) is 49.7 Å². The molecule has 0 saturated carbocycles. The summed E-state index contributed by atoms with van der Waals surface area (Å²) in [6.45, 7) is 2.09. The summed E-state index contributed by atoms with van der Waals surface area (Å²) in [6.07, 6.45) is 0.501. The minimum atomic E-state index is -0.399. The zero-order valence-electron chi connectivity index (χ0n) is 6.21. The van der Waals surface area contributed by atoms with E-state index >= 15 is 0 Å². The fourth-order valence-electron chi connectivity index (χ4n) is 0.668. The van der Waals surface area contributed by atoms with Crippen LogP contribution in [-0.2, 0) is 4.74 Å². The summed E-state index contributed by atoms with van der Waals surface area (Å²) >= 11 is 0. The van der Waals surface area contributed by atoms with Crippen molar-refractivity contribution in [2.45, 2.75) is 13.3 Å². The van der Waals surface area contributed by atoms with Gasteiger partial charge >= 0.3 is 0 Å².